The summed E-state index contributed by atoms with van der Waals surface area (Å²) in [6.45, 7) is 1.08. The highest BCUT2D eigenvalue weighted by Crippen LogP contribution is 2.32. The van der Waals surface area contributed by atoms with Crippen LogP contribution in [-0.2, 0) is 9.84 Å². The average molecular weight is 398 g/mol. The molecular formula is C21H22N2O4S. The van der Waals surface area contributed by atoms with E-state index in [1.165, 1.54) is 0 Å². The zero-order valence-electron chi connectivity index (χ0n) is 15.3. The largest absolute Gasteiger partial charge is 0.508 e. The molecule has 0 unspecified atom stereocenters. The van der Waals surface area contributed by atoms with Crippen molar-refractivity contribution in [2.75, 3.05) is 18.8 Å². The number of nitrogens with zero attached hydrogens (tertiary/aromatic N) is 1. The number of sulfone groups is 1. The molecule has 0 aromatic heterocycles. The summed E-state index contributed by atoms with van der Waals surface area (Å²) in [6, 6.07) is 13.5. The van der Waals surface area contributed by atoms with Crippen LogP contribution in [0.3, 0.4) is 0 Å². The first-order valence-corrected chi connectivity index (χ1v) is 10.9. The predicted octanol–water partition coefficient (Wildman–Crippen LogP) is 3.11. The Bertz CT molecular complexity index is 1030. The third-order valence-corrected chi connectivity index (χ3v) is 7.15. The second-order valence-corrected chi connectivity index (χ2v) is 9.20. The maximum Gasteiger partial charge on any atom is 0.318 e. The van der Waals surface area contributed by atoms with E-state index < -0.39 is 9.84 Å². The van der Waals surface area contributed by atoms with Crippen molar-refractivity contribution in [2.24, 2.45) is 0 Å². The number of carbonyl (C=O) groups is 1. The Morgan fingerprint density at radius 2 is 1.86 bits per heavy atom. The molecule has 2 amide bonds. The van der Waals surface area contributed by atoms with Gasteiger partial charge >= 0.3 is 6.03 Å². The van der Waals surface area contributed by atoms with Gasteiger partial charge in [-0.25, -0.2) is 13.2 Å². The molecule has 0 fully saturated rings. The van der Waals surface area contributed by atoms with Crippen LogP contribution in [0.4, 0.5) is 4.79 Å². The molecule has 2 N–H and O–H groups in total. The van der Waals surface area contributed by atoms with Crippen molar-refractivity contribution < 1.29 is 18.3 Å². The molecule has 4 rings (SSSR count). The van der Waals surface area contributed by atoms with E-state index in [9.17, 15) is 18.3 Å². The van der Waals surface area contributed by atoms with E-state index in [4.69, 9.17) is 0 Å². The molecule has 2 heterocycles. The average Bonchev–Trinajstić information content (AvgIpc) is 2.71. The normalized spacial score (nSPS) is 20.8. The van der Waals surface area contributed by atoms with Gasteiger partial charge in [0.05, 0.1) is 16.7 Å². The zero-order valence-corrected chi connectivity index (χ0v) is 16.2. The fourth-order valence-electron chi connectivity index (χ4n) is 3.77. The number of phenolic OH excluding ortho intramolecular Hbond substituents is 1. The van der Waals surface area contributed by atoms with Gasteiger partial charge in [-0.1, -0.05) is 36.4 Å². The van der Waals surface area contributed by atoms with E-state index in [1.807, 2.05) is 18.2 Å². The van der Waals surface area contributed by atoms with Crippen LogP contribution in [0.15, 0.2) is 59.5 Å². The van der Waals surface area contributed by atoms with Crippen molar-refractivity contribution in [1.82, 2.24) is 10.2 Å². The highest BCUT2D eigenvalue weighted by Gasteiger charge is 2.31. The molecule has 0 saturated heterocycles. The molecule has 7 heteroatoms. The van der Waals surface area contributed by atoms with Crippen molar-refractivity contribution >= 4 is 21.4 Å². The van der Waals surface area contributed by atoms with E-state index in [2.05, 4.69) is 5.32 Å². The lowest BCUT2D eigenvalue weighted by molar-refractivity contribution is 0.198. The lowest BCUT2D eigenvalue weighted by atomic mass is 9.99. The van der Waals surface area contributed by atoms with Crippen LogP contribution >= 0.6 is 0 Å². The first-order valence-electron chi connectivity index (χ1n) is 9.29. The van der Waals surface area contributed by atoms with E-state index in [-0.39, 0.29) is 23.6 Å². The number of hydrogen-bond donors (Lipinski definition) is 2. The number of rotatable bonds is 2. The Labute approximate surface area is 164 Å². The van der Waals surface area contributed by atoms with Gasteiger partial charge in [0.25, 0.3) is 0 Å². The van der Waals surface area contributed by atoms with Crippen LogP contribution in [-0.4, -0.2) is 43.3 Å². The number of urea groups is 1. The van der Waals surface area contributed by atoms with Crippen molar-refractivity contribution in [3.8, 4) is 5.75 Å². The number of phenols is 1. The summed E-state index contributed by atoms with van der Waals surface area (Å²) in [5, 5.41) is 12.4. The van der Waals surface area contributed by atoms with E-state index in [1.54, 1.807) is 41.3 Å². The molecule has 28 heavy (non-hydrogen) atoms. The maximum atomic E-state index is 12.7. The van der Waals surface area contributed by atoms with Crippen LogP contribution in [0.25, 0.3) is 5.57 Å². The molecule has 146 valence electrons. The maximum absolute atomic E-state index is 12.7. The fourth-order valence-corrected chi connectivity index (χ4v) is 5.39. The highest BCUT2D eigenvalue weighted by molar-refractivity contribution is 7.91. The standard InChI is InChI=1S/C21H22N2O4S/c24-17-7-5-15(6-8-17)16-9-12-23(13-10-16)21(25)22-19-11-14-28(26,27)20-4-2-1-3-18(19)20/h1-9,19,24H,10-14H2,(H,22,25)/t19-/m1/s1. The molecule has 2 aliphatic rings. The Balaban J connectivity index is 1.45. The third kappa shape index (κ3) is 3.62. The molecular weight excluding hydrogens is 376 g/mol. The zero-order chi connectivity index (χ0) is 19.7. The molecule has 0 aliphatic carbocycles. The number of amides is 2. The molecule has 2 aromatic rings. The summed E-state index contributed by atoms with van der Waals surface area (Å²) in [5.74, 6) is 0.274. The minimum absolute atomic E-state index is 0.0415. The smallest absolute Gasteiger partial charge is 0.318 e. The Kier molecular flexibility index (Phi) is 4.85. The van der Waals surface area contributed by atoms with Crippen molar-refractivity contribution in [1.29, 1.82) is 0 Å². The number of benzene rings is 2. The molecule has 0 radical (unpaired) electrons. The third-order valence-electron chi connectivity index (χ3n) is 5.34. The van der Waals surface area contributed by atoms with Crippen LogP contribution < -0.4 is 5.32 Å². The molecule has 0 spiro atoms. The molecule has 0 saturated carbocycles. The summed E-state index contributed by atoms with van der Waals surface area (Å²) < 4.78 is 24.5. The van der Waals surface area contributed by atoms with Gasteiger partial charge in [-0.2, -0.15) is 0 Å². The van der Waals surface area contributed by atoms with Crippen LogP contribution in [0.2, 0.25) is 0 Å². The van der Waals surface area contributed by atoms with Crippen LogP contribution in [0.5, 0.6) is 5.75 Å². The second-order valence-electron chi connectivity index (χ2n) is 7.12. The summed E-state index contributed by atoms with van der Waals surface area (Å²) in [5.41, 5.74) is 2.86. The number of hydrogen-bond acceptors (Lipinski definition) is 4. The van der Waals surface area contributed by atoms with Gasteiger partial charge in [-0.3, -0.25) is 0 Å². The van der Waals surface area contributed by atoms with Gasteiger partial charge in [0, 0.05) is 13.1 Å². The van der Waals surface area contributed by atoms with Crippen LogP contribution in [0, 0.1) is 0 Å². The highest BCUT2D eigenvalue weighted by atomic mass is 32.2. The van der Waals surface area contributed by atoms with Gasteiger partial charge < -0.3 is 15.3 Å². The number of fused-ring (bicyclic) bond motifs is 1. The fraction of sp³-hybridized carbons (Fsp3) is 0.286. The summed E-state index contributed by atoms with van der Waals surface area (Å²) in [6.07, 6.45) is 3.14. The lowest BCUT2D eigenvalue weighted by Gasteiger charge is -2.31. The first-order chi connectivity index (χ1) is 13.4. The minimum atomic E-state index is -3.27. The van der Waals surface area contributed by atoms with Gasteiger partial charge in [0.15, 0.2) is 9.84 Å². The Hall–Kier alpha value is -2.80. The molecule has 0 bridgehead atoms. The topological polar surface area (TPSA) is 86.7 Å². The van der Waals surface area contributed by atoms with E-state index >= 15 is 0 Å². The van der Waals surface area contributed by atoms with E-state index in [0.717, 1.165) is 17.6 Å². The van der Waals surface area contributed by atoms with Crippen molar-refractivity contribution in [2.45, 2.75) is 23.8 Å². The van der Waals surface area contributed by atoms with Gasteiger partial charge in [0.2, 0.25) is 0 Å². The number of nitrogens with one attached hydrogen (secondary N) is 1. The molecule has 1 atom stereocenters. The Morgan fingerprint density at radius 3 is 2.57 bits per heavy atom. The molecule has 2 aromatic carbocycles. The summed E-state index contributed by atoms with van der Waals surface area (Å²) >= 11 is 0. The Morgan fingerprint density at radius 1 is 1.11 bits per heavy atom. The van der Waals surface area contributed by atoms with Crippen LogP contribution in [0.1, 0.15) is 30.0 Å². The first kappa shape index (κ1) is 18.6. The van der Waals surface area contributed by atoms with Crippen molar-refractivity contribution in [3.63, 3.8) is 0 Å². The van der Waals surface area contributed by atoms with Gasteiger partial charge in [0.1, 0.15) is 5.75 Å². The monoisotopic (exact) mass is 398 g/mol. The lowest BCUT2D eigenvalue weighted by Crippen LogP contribution is -2.44. The predicted molar refractivity (Wildman–Crippen MR) is 107 cm³/mol. The molecule has 6 nitrogen and oxygen atoms in total. The SMILES string of the molecule is O=C(N[C@@H]1CCS(=O)(=O)c2ccccc21)N1CC=C(c2ccc(O)cc2)CC1. The van der Waals surface area contributed by atoms with E-state index in [0.29, 0.717) is 30.0 Å². The van der Waals surface area contributed by atoms with Crippen molar-refractivity contribution in [3.05, 3.63) is 65.7 Å². The quantitative estimate of drug-likeness (QED) is 0.814. The number of aromatic hydroxyl groups is 1. The van der Waals surface area contributed by atoms with Gasteiger partial charge in [-0.15, -0.1) is 0 Å². The summed E-state index contributed by atoms with van der Waals surface area (Å²) in [4.78, 5) is 14.8. The molecule has 2 aliphatic heterocycles. The minimum Gasteiger partial charge on any atom is -0.508 e. The van der Waals surface area contributed by atoms with Gasteiger partial charge in [-0.05, 0) is 47.7 Å². The number of carbonyl (C=O) groups excluding carboxylic acids is 1. The second kappa shape index (κ2) is 7.31. The summed E-state index contributed by atoms with van der Waals surface area (Å²) in [7, 11) is -3.27.